The number of carbonyl (C=O) groups is 1. The van der Waals surface area contributed by atoms with Gasteiger partial charge in [-0.05, 0) is 26.1 Å². The number of morpholine rings is 1. The molecule has 2 N–H and O–H groups in total. The summed E-state index contributed by atoms with van der Waals surface area (Å²) in [7, 11) is -3.20. The van der Waals surface area contributed by atoms with E-state index in [1.165, 1.54) is 23.1 Å². The molecule has 0 bridgehead atoms. The van der Waals surface area contributed by atoms with Crippen molar-refractivity contribution < 1.29 is 34.8 Å². The van der Waals surface area contributed by atoms with Gasteiger partial charge in [0.1, 0.15) is 5.75 Å². The van der Waals surface area contributed by atoms with Crippen molar-refractivity contribution in [2.75, 3.05) is 62.7 Å². The molecule has 1 saturated heterocycles. The van der Waals surface area contributed by atoms with Gasteiger partial charge in [-0.15, -0.1) is 0 Å². The second-order valence-electron chi connectivity index (χ2n) is 8.38. The second-order valence-corrected chi connectivity index (χ2v) is 8.38. The van der Waals surface area contributed by atoms with Crippen LogP contribution in [0.15, 0.2) is 73.6 Å². The summed E-state index contributed by atoms with van der Waals surface area (Å²) in [6.45, 7) is -14.1. The molecule has 212 valence electrons. The van der Waals surface area contributed by atoms with Crippen LogP contribution in [0, 0.1) is 0 Å². The van der Waals surface area contributed by atoms with Crippen molar-refractivity contribution in [3.63, 3.8) is 0 Å². The molecule has 41 heavy (non-hydrogen) atoms. The lowest BCUT2D eigenvalue weighted by molar-refractivity contribution is -0.111. The van der Waals surface area contributed by atoms with Crippen molar-refractivity contribution in [2.24, 2.45) is 0 Å². The maximum absolute atomic E-state index is 12.6. The van der Waals surface area contributed by atoms with Gasteiger partial charge in [0.15, 0.2) is 5.82 Å². The molecular weight excluding hydrogens is 520 g/mol. The Kier molecular flexibility index (Phi) is 4.55. The Morgan fingerprint density at radius 3 is 2.80 bits per heavy atom. The van der Waals surface area contributed by atoms with E-state index < -0.39 is 70.2 Å². The van der Waals surface area contributed by atoms with Crippen LogP contribution >= 0.6 is 0 Å². The number of nitrogens with zero attached hydrogens (tertiary/aromatic N) is 6. The fourth-order valence-corrected chi connectivity index (χ4v) is 3.87. The van der Waals surface area contributed by atoms with Gasteiger partial charge in [-0.25, -0.2) is 9.67 Å². The first-order chi connectivity index (χ1) is 25.9. The fraction of sp³-hybridized carbons (Fsp3) is 0.267. The largest absolute Gasteiger partial charge is 0.494 e. The smallest absolute Gasteiger partial charge is 0.247 e. The zero-order valence-electron chi connectivity index (χ0n) is 36.3. The SMILES string of the molecule is [2H]C([2H])N(Cc1cn(-c2ccnc(Nc3cc(NC(=O)C=C)c(N4C([2H])([2H])C([2H])([2H])OC([2H])([2H])C4([2H])[2H])cc3OC([2H])([2H])[2H])n2)nc1-c1ccccc1)C([2H])[2H]. The number of ether oxygens (including phenoxy) is 2. The van der Waals surface area contributed by atoms with E-state index in [2.05, 4.69) is 37.0 Å². The highest BCUT2D eigenvalue weighted by Crippen LogP contribution is 2.38. The number of hydrogen-bond acceptors (Lipinski definition) is 9. The predicted octanol–water partition coefficient (Wildman–Crippen LogP) is 4.10. The Bertz CT molecular complexity index is 2050. The van der Waals surface area contributed by atoms with Gasteiger partial charge >= 0.3 is 0 Å². The van der Waals surface area contributed by atoms with Gasteiger partial charge in [0.2, 0.25) is 11.9 Å². The molecule has 5 rings (SSSR count). The molecule has 0 unspecified atom stereocenters. The molecule has 1 fully saturated rings. The summed E-state index contributed by atoms with van der Waals surface area (Å²) < 4.78 is 132. The first-order valence-corrected chi connectivity index (χ1v) is 11.9. The Hall–Kier alpha value is -4.74. The summed E-state index contributed by atoms with van der Waals surface area (Å²) in [5, 5.41) is 9.72. The topological polar surface area (TPSA) is 110 Å². The van der Waals surface area contributed by atoms with E-state index in [0.29, 0.717) is 16.8 Å². The number of benzene rings is 2. The average Bonchev–Trinajstić information content (AvgIpc) is 3.51. The molecule has 3 heterocycles. The van der Waals surface area contributed by atoms with E-state index in [-0.39, 0.29) is 28.9 Å². The first-order valence-electron chi connectivity index (χ1n) is 19.7. The van der Waals surface area contributed by atoms with E-state index in [9.17, 15) is 4.79 Å². The van der Waals surface area contributed by atoms with Gasteiger partial charge in [0.05, 0.1) is 58.0 Å². The molecule has 0 spiro atoms. The number of nitrogens with one attached hydrogen (secondary N) is 2. The first kappa shape index (κ1) is 14.8. The zero-order chi connectivity index (χ0) is 41.6. The molecule has 2 aromatic carbocycles. The number of anilines is 4. The van der Waals surface area contributed by atoms with Gasteiger partial charge < -0.3 is 29.9 Å². The molecule has 0 aliphatic carbocycles. The van der Waals surface area contributed by atoms with Crippen LogP contribution in [0.25, 0.3) is 17.1 Å². The Morgan fingerprint density at radius 2 is 2.05 bits per heavy atom. The third-order valence-corrected chi connectivity index (χ3v) is 5.62. The van der Waals surface area contributed by atoms with Crippen LogP contribution < -0.4 is 20.3 Å². The van der Waals surface area contributed by atoms with Crippen molar-refractivity contribution in [3.05, 3.63) is 79.1 Å². The number of methoxy groups -OCH3 is 1. The summed E-state index contributed by atoms with van der Waals surface area (Å²) in [5.41, 5.74) is -0.0392. The molecular formula is C30H34N8O3. The molecule has 1 aliphatic rings. The van der Waals surface area contributed by atoms with E-state index in [4.69, 9.17) is 25.3 Å². The van der Waals surface area contributed by atoms with Crippen molar-refractivity contribution in [1.29, 1.82) is 0 Å². The summed E-state index contributed by atoms with van der Waals surface area (Å²) in [6.07, 6.45) is 3.63. The van der Waals surface area contributed by atoms with Crippen LogP contribution in [0.4, 0.5) is 23.0 Å². The van der Waals surface area contributed by atoms with Crippen LogP contribution in [-0.2, 0) is 16.1 Å². The maximum Gasteiger partial charge on any atom is 0.247 e. The molecule has 2 aromatic heterocycles. The third kappa shape index (κ3) is 6.53. The lowest BCUT2D eigenvalue weighted by Gasteiger charge is -2.31. The minimum absolute atomic E-state index is 0.0452. The Morgan fingerprint density at radius 1 is 1.22 bits per heavy atom. The highest BCUT2D eigenvalue weighted by atomic mass is 16.5. The summed E-state index contributed by atoms with van der Waals surface area (Å²) in [5.74, 6) is -1.68. The van der Waals surface area contributed by atoms with Crippen LogP contribution in [0.1, 0.15) is 26.1 Å². The predicted molar refractivity (Wildman–Crippen MR) is 160 cm³/mol. The number of rotatable bonds is 10. The normalized spacial score (nSPS) is 24.0. The summed E-state index contributed by atoms with van der Waals surface area (Å²) in [6, 6.07) is 12.1. The highest BCUT2D eigenvalue weighted by molar-refractivity contribution is 6.02. The van der Waals surface area contributed by atoms with Gasteiger partial charge in [-0.2, -0.15) is 10.1 Å². The van der Waals surface area contributed by atoms with Crippen molar-refractivity contribution >= 4 is 28.9 Å². The summed E-state index contributed by atoms with van der Waals surface area (Å²) >= 11 is 0. The highest BCUT2D eigenvalue weighted by Gasteiger charge is 2.20. The number of hydrogen-bond donors (Lipinski definition) is 2. The molecule has 1 aliphatic heterocycles. The van der Waals surface area contributed by atoms with E-state index in [0.717, 1.165) is 23.1 Å². The molecule has 0 radical (unpaired) electrons. The van der Waals surface area contributed by atoms with E-state index in [1.54, 1.807) is 30.3 Å². The zero-order valence-corrected chi connectivity index (χ0v) is 21.3. The van der Waals surface area contributed by atoms with Crippen molar-refractivity contribution in [2.45, 2.75) is 6.54 Å². The van der Waals surface area contributed by atoms with Gasteiger partial charge in [0, 0.05) is 60.7 Å². The number of aromatic nitrogens is 4. The number of amides is 1. The van der Waals surface area contributed by atoms with Gasteiger partial charge in [-0.3, -0.25) is 4.79 Å². The van der Waals surface area contributed by atoms with Crippen LogP contribution in [0.3, 0.4) is 0 Å². The minimum atomic E-state index is -3.50. The average molecular weight is 570 g/mol. The van der Waals surface area contributed by atoms with E-state index in [1.807, 2.05) is 0 Å². The van der Waals surface area contributed by atoms with Crippen LogP contribution in [0.2, 0.25) is 0 Å². The standard InChI is InChI=1S/C30H34N8O3/c1-5-28(39)32-23-17-24(26(40-4)18-25(23)37-13-15-41-16-14-37)33-30-31-12-11-27(34-30)38-20-22(19-36(2)3)29(35-38)21-9-7-6-8-10-21/h5-12,17-18,20H,1,13-16,19H2,2-4H3,(H,32,39)(H,31,33,34)/i2D2,3D2,4D3,13D2,14D2,15D2,16D2. The Labute approximate surface area is 260 Å². The van der Waals surface area contributed by atoms with Crippen LogP contribution in [0.5, 0.6) is 5.75 Å². The van der Waals surface area contributed by atoms with Gasteiger partial charge in [0.25, 0.3) is 0 Å². The molecule has 11 heteroatoms. The monoisotopic (exact) mass is 569 g/mol. The van der Waals surface area contributed by atoms with Crippen molar-refractivity contribution in [1.82, 2.24) is 24.6 Å². The van der Waals surface area contributed by atoms with Crippen LogP contribution in [-0.4, -0.2) is 77.7 Å². The minimum Gasteiger partial charge on any atom is -0.494 e. The molecule has 0 saturated carbocycles. The van der Waals surface area contributed by atoms with E-state index >= 15 is 0 Å². The summed E-state index contributed by atoms with van der Waals surface area (Å²) in [4.78, 5) is 22.3. The number of carbonyl (C=O) groups excluding carboxylic acids is 1. The maximum atomic E-state index is 12.6. The van der Waals surface area contributed by atoms with Gasteiger partial charge in [-0.1, -0.05) is 36.9 Å². The lowest BCUT2D eigenvalue weighted by atomic mass is 10.1. The molecule has 0 atom stereocenters. The second kappa shape index (κ2) is 12.6. The lowest BCUT2D eigenvalue weighted by Crippen LogP contribution is -2.36. The molecule has 4 aromatic rings. The Balaban J connectivity index is 1.65. The quantitative estimate of drug-likeness (QED) is 0.273. The third-order valence-electron chi connectivity index (χ3n) is 5.62. The van der Waals surface area contributed by atoms with Crippen molar-refractivity contribution in [3.8, 4) is 22.8 Å². The molecule has 1 amide bonds. The molecule has 11 nitrogen and oxygen atoms in total. The fourth-order valence-electron chi connectivity index (χ4n) is 3.87.